The Labute approximate surface area is 141 Å². The molecule has 1 amide bonds. The van der Waals surface area contributed by atoms with Crippen molar-refractivity contribution in [1.29, 1.82) is 0 Å². The zero-order valence-electron chi connectivity index (χ0n) is 14.0. The van der Waals surface area contributed by atoms with Crippen LogP contribution in [0, 0.1) is 13.8 Å². The topological polar surface area (TPSA) is 46.9 Å². The Kier molecular flexibility index (Phi) is 3.60. The first-order valence-corrected chi connectivity index (χ1v) is 8.42. The van der Waals surface area contributed by atoms with E-state index in [0.717, 1.165) is 29.4 Å². The number of carbonyl (C=O) groups excluding carboxylic acids is 1. The van der Waals surface area contributed by atoms with Crippen molar-refractivity contribution in [2.45, 2.75) is 39.3 Å². The molecular weight excluding hydrogens is 298 g/mol. The van der Waals surface area contributed by atoms with E-state index in [1.54, 1.807) is 0 Å². The zero-order valence-corrected chi connectivity index (χ0v) is 14.0. The van der Waals surface area contributed by atoms with Crippen molar-refractivity contribution in [2.75, 3.05) is 0 Å². The van der Waals surface area contributed by atoms with Crippen molar-refractivity contribution in [1.82, 2.24) is 14.9 Å². The second kappa shape index (κ2) is 5.78. The fourth-order valence-corrected chi connectivity index (χ4v) is 3.07. The monoisotopic (exact) mass is 319 g/mol. The molecular formula is C20H21N3O. The quantitative estimate of drug-likeness (QED) is 0.798. The molecule has 4 nitrogen and oxygen atoms in total. The molecule has 1 saturated carbocycles. The van der Waals surface area contributed by atoms with Crippen LogP contribution < -0.4 is 5.32 Å². The molecule has 0 radical (unpaired) electrons. The summed E-state index contributed by atoms with van der Waals surface area (Å²) < 4.78 is 1.98. The summed E-state index contributed by atoms with van der Waals surface area (Å²) in [6.07, 6.45) is 6.07. The van der Waals surface area contributed by atoms with Crippen LogP contribution in [-0.4, -0.2) is 21.5 Å². The van der Waals surface area contributed by atoms with E-state index in [4.69, 9.17) is 0 Å². The Bertz CT molecular complexity index is 922. The molecule has 0 unspecified atom stereocenters. The number of fused-ring (bicyclic) bond motifs is 1. The minimum Gasteiger partial charge on any atom is -0.352 e. The normalized spacial score (nSPS) is 14.1. The zero-order chi connectivity index (χ0) is 16.7. The van der Waals surface area contributed by atoms with Crippen LogP contribution in [0.15, 0.2) is 42.7 Å². The van der Waals surface area contributed by atoms with Crippen molar-refractivity contribution in [3.8, 4) is 11.1 Å². The fraction of sp³-hybridized carbons (Fsp3) is 0.300. The molecule has 2 aromatic heterocycles. The first kappa shape index (κ1) is 14.9. The molecule has 0 bridgehead atoms. The van der Waals surface area contributed by atoms with E-state index in [2.05, 4.69) is 48.4 Å². The minimum absolute atomic E-state index is 0.0761. The van der Waals surface area contributed by atoms with Gasteiger partial charge >= 0.3 is 0 Å². The van der Waals surface area contributed by atoms with E-state index < -0.39 is 0 Å². The van der Waals surface area contributed by atoms with Gasteiger partial charge in [-0.25, -0.2) is 0 Å². The van der Waals surface area contributed by atoms with Gasteiger partial charge in [-0.1, -0.05) is 18.2 Å². The lowest BCUT2D eigenvalue weighted by Crippen LogP contribution is -2.29. The van der Waals surface area contributed by atoms with Crippen LogP contribution >= 0.6 is 0 Å². The van der Waals surface area contributed by atoms with Gasteiger partial charge in [0.05, 0.1) is 11.0 Å². The molecule has 1 aliphatic carbocycles. The van der Waals surface area contributed by atoms with Gasteiger partial charge in [-0.2, -0.15) is 0 Å². The largest absolute Gasteiger partial charge is 0.352 e. The highest BCUT2D eigenvalue weighted by Gasteiger charge is 2.23. The Morgan fingerprint density at radius 1 is 1.29 bits per heavy atom. The average Bonchev–Trinajstić information content (AvgIpc) is 3.29. The molecule has 0 aliphatic heterocycles. The summed E-state index contributed by atoms with van der Waals surface area (Å²) in [5.74, 6) is 0.0761. The van der Waals surface area contributed by atoms with Crippen LogP contribution in [0.4, 0.5) is 0 Å². The van der Waals surface area contributed by atoms with Crippen LogP contribution in [0.25, 0.3) is 22.2 Å². The molecule has 0 atom stereocenters. The number of hydrogen-bond donors (Lipinski definition) is 1. The first-order valence-electron chi connectivity index (χ1n) is 8.42. The van der Waals surface area contributed by atoms with Crippen LogP contribution in [0.2, 0.25) is 0 Å². The number of hydrogen-bond acceptors (Lipinski definition) is 2. The van der Waals surface area contributed by atoms with Crippen molar-refractivity contribution in [3.05, 3.63) is 53.9 Å². The van der Waals surface area contributed by atoms with Gasteiger partial charge in [0.25, 0.3) is 0 Å². The summed E-state index contributed by atoms with van der Waals surface area (Å²) >= 11 is 0. The first-order chi connectivity index (χ1) is 11.6. The van der Waals surface area contributed by atoms with Crippen molar-refractivity contribution < 1.29 is 4.79 Å². The fourth-order valence-electron chi connectivity index (χ4n) is 3.07. The highest BCUT2D eigenvalue weighted by Crippen LogP contribution is 2.27. The molecule has 4 rings (SSSR count). The number of rotatable bonds is 4. The molecule has 122 valence electrons. The van der Waals surface area contributed by atoms with E-state index in [1.165, 1.54) is 16.7 Å². The Balaban J connectivity index is 1.70. The van der Waals surface area contributed by atoms with Crippen molar-refractivity contribution in [2.24, 2.45) is 0 Å². The number of nitrogens with zero attached hydrogens (tertiary/aromatic N) is 2. The SMILES string of the molecule is Cc1cccc(-c2cnc3ccn(CC(=O)NC4CC4)c3c2)c1C. The Morgan fingerprint density at radius 3 is 2.92 bits per heavy atom. The van der Waals surface area contributed by atoms with Gasteiger partial charge < -0.3 is 9.88 Å². The second-order valence-electron chi connectivity index (χ2n) is 6.66. The lowest BCUT2D eigenvalue weighted by Gasteiger charge is -2.10. The molecule has 2 heterocycles. The molecule has 24 heavy (non-hydrogen) atoms. The number of carbonyl (C=O) groups is 1. The van der Waals surface area contributed by atoms with Gasteiger partial charge in [0, 0.05) is 24.0 Å². The Morgan fingerprint density at radius 2 is 2.12 bits per heavy atom. The van der Waals surface area contributed by atoms with Crippen LogP contribution in [0.1, 0.15) is 24.0 Å². The average molecular weight is 319 g/mol. The third-order valence-corrected chi connectivity index (χ3v) is 4.79. The minimum atomic E-state index is 0.0761. The summed E-state index contributed by atoms with van der Waals surface area (Å²) in [4.78, 5) is 16.7. The van der Waals surface area contributed by atoms with Gasteiger partial charge in [-0.15, -0.1) is 0 Å². The molecule has 1 fully saturated rings. The predicted octanol–water partition coefficient (Wildman–Crippen LogP) is 3.60. The number of pyridine rings is 1. The standard InChI is InChI=1S/C20H21N3O/c1-13-4-3-5-17(14(13)2)15-10-19-18(21-11-15)8-9-23(19)12-20(24)22-16-6-7-16/h3-5,8-11,16H,6-7,12H2,1-2H3,(H,22,24). The summed E-state index contributed by atoms with van der Waals surface area (Å²) in [5.41, 5.74) is 6.74. The van der Waals surface area contributed by atoms with Gasteiger partial charge in [-0.3, -0.25) is 9.78 Å². The second-order valence-corrected chi connectivity index (χ2v) is 6.66. The smallest absolute Gasteiger partial charge is 0.240 e. The third kappa shape index (κ3) is 2.80. The van der Waals surface area contributed by atoms with E-state index in [0.29, 0.717) is 12.6 Å². The molecule has 0 spiro atoms. The van der Waals surface area contributed by atoms with Crippen LogP contribution in [0.5, 0.6) is 0 Å². The highest BCUT2D eigenvalue weighted by atomic mass is 16.2. The summed E-state index contributed by atoms with van der Waals surface area (Å²) in [5, 5.41) is 3.04. The molecule has 0 saturated heterocycles. The summed E-state index contributed by atoms with van der Waals surface area (Å²) in [6.45, 7) is 4.60. The summed E-state index contributed by atoms with van der Waals surface area (Å²) in [7, 11) is 0. The maximum absolute atomic E-state index is 12.1. The van der Waals surface area contributed by atoms with Gasteiger partial charge in [0.15, 0.2) is 0 Å². The Hall–Kier alpha value is -2.62. The van der Waals surface area contributed by atoms with Gasteiger partial charge in [-0.05, 0) is 55.5 Å². The maximum atomic E-state index is 12.1. The van der Waals surface area contributed by atoms with Crippen LogP contribution in [0.3, 0.4) is 0 Å². The number of aryl methyl sites for hydroxylation is 1. The highest BCUT2D eigenvalue weighted by molar-refractivity contribution is 5.84. The van der Waals surface area contributed by atoms with E-state index in [-0.39, 0.29) is 5.91 Å². The molecule has 1 aliphatic rings. The lowest BCUT2D eigenvalue weighted by molar-refractivity contribution is -0.121. The van der Waals surface area contributed by atoms with Crippen LogP contribution in [-0.2, 0) is 11.3 Å². The molecule has 3 aromatic rings. The number of nitrogens with one attached hydrogen (secondary N) is 1. The molecule has 1 aromatic carbocycles. The van der Waals surface area contributed by atoms with Gasteiger partial charge in [0.2, 0.25) is 5.91 Å². The van der Waals surface area contributed by atoms with E-state index in [1.807, 2.05) is 23.0 Å². The summed E-state index contributed by atoms with van der Waals surface area (Å²) in [6, 6.07) is 10.8. The lowest BCUT2D eigenvalue weighted by atomic mass is 9.98. The van der Waals surface area contributed by atoms with Crippen molar-refractivity contribution >= 4 is 16.9 Å². The van der Waals surface area contributed by atoms with Crippen molar-refractivity contribution in [3.63, 3.8) is 0 Å². The molecule has 1 N–H and O–H groups in total. The van der Waals surface area contributed by atoms with Gasteiger partial charge in [0.1, 0.15) is 6.54 Å². The number of amides is 1. The maximum Gasteiger partial charge on any atom is 0.240 e. The molecule has 4 heteroatoms. The van der Waals surface area contributed by atoms with E-state index >= 15 is 0 Å². The number of benzene rings is 1. The number of aromatic nitrogens is 2. The predicted molar refractivity (Wildman–Crippen MR) is 95.8 cm³/mol. The van der Waals surface area contributed by atoms with E-state index in [9.17, 15) is 4.79 Å². The third-order valence-electron chi connectivity index (χ3n) is 4.79.